The average molecular weight is 453 g/mol. The van der Waals surface area contributed by atoms with Gasteiger partial charge in [-0.3, -0.25) is 9.78 Å². The van der Waals surface area contributed by atoms with Gasteiger partial charge in [0.15, 0.2) is 0 Å². The minimum Gasteiger partial charge on any atom is -0.497 e. The lowest BCUT2D eigenvalue weighted by atomic mass is 9.99. The van der Waals surface area contributed by atoms with E-state index in [1.54, 1.807) is 31.6 Å². The van der Waals surface area contributed by atoms with Crippen LogP contribution in [0, 0.1) is 0 Å². The van der Waals surface area contributed by atoms with Crippen LogP contribution in [0.4, 0.5) is 11.4 Å². The molecule has 0 spiro atoms. The van der Waals surface area contributed by atoms with Crippen LogP contribution in [0.1, 0.15) is 9.67 Å². The molecule has 0 aliphatic heterocycles. The minimum atomic E-state index is -0.287. The number of nitrogens with two attached hydrogens (primary N) is 1. The second-order valence-corrected chi connectivity index (χ2v) is 8.37. The molecular formula is C26H20N4O2S. The maximum absolute atomic E-state index is 13.0. The van der Waals surface area contributed by atoms with E-state index in [1.807, 2.05) is 60.7 Å². The molecule has 0 saturated carbocycles. The number of fused-ring (bicyclic) bond motifs is 1. The molecule has 0 aliphatic rings. The van der Waals surface area contributed by atoms with Gasteiger partial charge in [-0.25, -0.2) is 4.98 Å². The van der Waals surface area contributed by atoms with Crippen molar-refractivity contribution >= 4 is 38.8 Å². The molecule has 0 atom stereocenters. The van der Waals surface area contributed by atoms with Gasteiger partial charge < -0.3 is 15.8 Å². The zero-order chi connectivity index (χ0) is 22.8. The van der Waals surface area contributed by atoms with Crippen LogP contribution in [-0.2, 0) is 0 Å². The van der Waals surface area contributed by atoms with Gasteiger partial charge in [-0.1, -0.05) is 42.5 Å². The highest BCUT2D eigenvalue weighted by Gasteiger charge is 2.22. The molecule has 5 aromatic rings. The molecular weight excluding hydrogens is 432 g/mol. The number of nitrogens with zero attached hydrogens (tertiary/aromatic N) is 2. The molecule has 0 fully saturated rings. The fourth-order valence-electron chi connectivity index (χ4n) is 3.67. The highest BCUT2D eigenvalue weighted by Crippen LogP contribution is 2.41. The monoisotopic (exact) mass is 452 g/mol. The van der Waals surface area contributed by atoms with Crippen LogP contribution in [0.3, 0.4) is 0 Å². The highest BCUT2D eigenvalue weighted by molar-refractivity contribution is 7.21. The number of ether oxygens (including phenoxy) is 1. The number of hydrogen-bond donors (Lipinski definition) is 2. The van der Waals surface area contributed by atoms with E-state index in [1.165, 1.54) is 11.3 Å². The van der Waals surface area contributed by atoms with Gasteiger partial charge in [0.25, 0.3) is 5.91 Å². The van der Waals surface area contributed by atoms with Crippen molar-refractivity contribution in [3.63, 3.8) is 0 Å². The summed E-state index contributed by atoms with van der Waals surface area (Å²) in [4.78, 5) is 23.1. The highest BCUT2D eigenvalue weighted by atomic mass is 32.1. The molecule has 0 bridgehead atoms. The van der Waals surface area contributed by atoms with Crippen molar-refractivity contribution < 1.29 is 9.53 Å². The number of rotatable bonds is 5. The Hall–Kier alpha value is -4.23. The molecule has 0 saturated heterocycles. The third-order valence-electron chi connectivity index (χ3n) is 5.30. The van der Waals surface area contributed by atoms with Gasteiger partial charge >= 0.3 is 0 Å². The normalized spacial score (nSPS) is 10.8. The van der Waals surface area contributed by atoms with Gasteiger partial charge in [0, 0.05) is 17.1 Å². The molecule has 7 heteroatoms. The van der Waals surface area contributed by atoms with Gasteiger partial charge in [-0.05, 0) is 41.5 Å². The molecule has 5 rings (SSSR count). The number of benzene rings is 2. The summed E-state index contributed by atoms with van der Waals surface area (Å²) < 4.78 is 5.31. The summed E-state index contributed by atoms with van der Waals surface area (Å²) in [6.45, 7) is 0. The number of hydrogen-bond acceptors (Lipinski definition) is 6. The molecule has 0 aliphatic carbocycles. The molecule has 6 nitrogen and oxygen atoms in total. The van der Waals surface area contributed by atoms with Gasteiger partial charge in [0.2, 0.25) is 0 Å². The zero-order valence-electron chi connectivity index (χ0n) is 17.8. The number of nitrogens with one attached hydrogen (secondary N) is 1. The second kappa shape index (κ2) is 8.72. The number of aromatic nitrogens is 2. The van der Waals surface area contributed by atoms with E-state index in [0.29, 0.717) is 21.1 Å². The van der Waals surface area contributed by atoms with E-state index in [0.717, 1.165) is 33.5 Å². The first-order valence-electron chi connectivity index (χ1n) is 10.3. The first-order valence-corrected chi connectivity index (χ1v) is 11.1. The second-order valence-electron chi connectivity index (χ2n) is 7.37. The van der Waals surface area contributed by atoms with Crippen molar-refractivity contribution in [1.29, 1.82) is 0 Å². The molecule has 0 unspecified atom stereocenters. The topological polar surface area (TPSA) is 90.1 Å². The fraction of sp³-hybridized carbons (Fsp3) is 0.0385. The smallest absolute Gasteiger partial charge is 0.267 e. The fourth-order valence-corrected chi connectivity index (χ4v) is 4.68. The van der Waals surface area contributed by atoms with Crippen LogP contribution >= 0.6 is 11.3 Å². The lowest BCUT2D eigenvalue weighted by molar-refractivity contribution is 0.103. The maximum atomic E-state index is 13.0. The van der Waals surface area contributed by atoms with Crippen molar-refractivity contribution in [2.24, 2.45) is 0 Å². The Balaban J connectivity index is 1.68. The summed E-state index contributed by atoms with van der Waals surface area (Å²) in [7, 11) is 1.64. The average Bonchev–Trinajstić information content (AvgIpc) is 3.21. The van der Waals surface area contributed by atoms with E-state index >= 15 is 0 Å². The Bertz CT molecular complexity index is 1430. The van der Waals surface area contributed by atoms with E-state index in [-0.39, 0.29) is 5.91 Å². The van der Waals surface area contributed by atoms with Gasteiger partial charge in [0.05, 0.1) is 30.4 Å². The van der Waals surface area contributed by atoms with Crippen molar-refractivity contribution in [2.75, 3.05) is 18.2 Å². The number of anilines is 2. The lowest BCUT2D eigenvalue weighted by Crippen LogP contribution is -2.12. The molecule has 2 aromatic carbocycles. The van der Waals surface area contributed by atoms with Crippen molar-refractivity contribution in [3.8, 4) is 28.1 Å². The number of amides is 1. The van der Waals surface area contributed by atoms with Crippen molar-refractivity contribution in [3.05, 3.63) is 90.1 Å². The molecule has 0 radical (unpaired) electrons. The van der Waals surface area contributed by atoms with Crippen molar-refractivity contribution in [1.82, 2.24) is 9.97 Å². The number of carbonyl (C=O) groups is 1. The summed E-state index contributed by atoms with van der Waals surface area (Å²) in [5.74, 6) is 0.479. The van der Waals surface area contributed by atoms with Gasteiger partial charge in [-0.15, -0.1) is 11.3 Å². The number of methoxy groups -OCH3 is 1. The summed E-state index contributed by atoms with van der Waals surface area (Å²) in [5.41, 5.74) is 11.2. The van der Waals surface area contributed by atoms with Gasteiger partial charge in [0.1, 0.15) is 15.5 Å². The molecule has 3 heterocycles. The van der Waals surface area contributed by atoms with Crippen LogP contribution in [0.15, 0.2) is 85.2 Å². The van der Waals surface area contributed by atoms with Crippen LogP contribution in [0.25, 0.3) is 32.6 Å². The number of pyridine rings is 2. The standard InChI is InChI=1S/C26H20N4O2S/c1-32-19-11-9-16(10-12-19)20-14-21(17-6-3-2-4-7-17)30-26-22(20)23(27)24(33-26)25(31)29-18-8-5-13-28-15-18/h2-15H,27H2,1H3,(H,29,31). The summed E-state index contributed by atoms with van der Waals surface area (Å²) in [5, 5.41) is 3.63. The predicted molar refractivity (Wildman–Crippen MR) is 134 cm³/mol. The summed E-state index contributed by atoms with van der Waals surface area (Å²) >= 11 is 1.28. The molecule has 162 valence electrons. The van der Waals surface area contributed by atoms with E-state index < -0.39 is 0 Å². The Morgan fingerprint density at radius 3 is 2.48 bits per heavy atom. The molecule has 1 amide bonds. The maximum Gasteiger partial charge on any atom is 0.267 e. The largest absolute Gasteiger partial charge is 0.497 e. The predicted octanol–water partition coefficient (Wildman–Crippen LogP) is 5.87. The third kappa shape index (κ3) is 4.02. The Labute approximate surface area is 194 Å². The van der Waals surface area contributed by atoms with Crippen LogP contribution in [-0.4, -0.2) is 23.0 Å². The quantitative estimate of drug-likeness (QED) is 0.348. The number of nitrogen functional groups attached to an aromatic ring is 1. The Morgan fingerprint density at radius 1 is 1.00 bits per heavy atom. The van der Waals surface area contributed by atoms with Gasteiger partial charge in [-0.2, -0.15) is 0 Å². The van der Waals surface area contributed by atoms with E-state index in [2.05, 4.69) is 10.3 Å². The minimum absolute atomic E-state index is 0.287. The van der Waals surface area contributed by atoms with E-state index in [4.69, 9.17) is 15.5 Å². The van der Waals surface area contributed by atoms with Crippen LogP contribution in [0.2, 0.25) is 0 Å². The Morgan fingerprint density at radius 2 is 1.79 bits per heavy atom. The lowest BCUT2D eigenvalue weighted by Gasteiger charge is -2.10. The number of thiophene rings is 1. The zero-order valence-corrected chi connectivity index (χ0v) is 18.6. The Kier molecular flexibility index (Phi) is 5.46. The molecule has 3 N–H and O–H groups in total. The van der Waals surface area contributed by atoms with Crippen LogP contribution in [0.5, 0.6) is 5.75 Å². The van der Waals surface area contributed by atoms with E-state index in [9.17, 15) is 4.79 Å². The first-order chi connectivity index (χ1) is 16.1. The van der Waals surface area contributed by atoms with Crippen LogP contribution < -0.4 is 15.8 Å². The summed E-state index contributed by atoms with van der Waals surface area (Å²) in [6.07, 6.45) is 3.25. The molecule has 33 heavy (non-hydrogen) atoms. The summed E-state index contributed by atoms with van der Waals surface area (Å²) in [6, 6.07) is 23.3. The first kappa shape index (κ1) is 20.7. The van der Waals surface area contributed by atoms with Crippen molar-refractivity contribution in [2.45, 2.75) is 0 Å². The third-order valence-corrected chi connectivity index (χ3v) is 6.39. The molecule has 3 aromatic heterocycles. The number of carbonyl (C=O) groups excluding carboxylic acids is 1. The SMILES string of the molecule is COc1ccc(-c2cc(-c3ccccc3)nc3sc(C(=O)Nc4cccnc4)c(N)c23)cc1.